The van der Waals surface area contributed by atoms with Crippen LogP contribution in [0.15, 0.2) is 36.7 Å². The lowest BCUT2D eigenvalue weighted by atomic mass is 9.61. The standard InChI is InChI=1S/C13H17IN2O.C8H15NO.C5H3FIN/c1-12(2,17)13-6-10(7-13)16(8-13)11-5-9(14)3-4-15-11;1-7(2,10)8-3-6(4-8)9-5-8;6-5-3-4(7)1-2-8-5/h3-5,10,17H,6-8H2,1-2H3;6,9-10H,3-5H2,1-2H3;1-3H. The van der Waals surface area contributed by atoms with Gasteiger partial charge in [-0.2, -0.15) is 4.39 Å². The molecule has 4 bridgehead atoms. The minimum absolute atomic E-state index is 0.0840. The van der Waals surface area contributed by atoms with Crippen LogP contribution in [0, 0.1) is 23.9 Å². The Morgan fingerprint density at radius 2 is 1.51 bits per heavy atom. The number of rotatable bonds is 3. The SMILES string of the molecule is CC(C)(O)C12CC(C1)N(c1cc(I)ccn1)C2.CC(C)(O)C12CNC(C1)C2.Fc1cc(I)ccn1. The normalized spacial score (nSPS) is 30.4. The van der Waals surface area contributed by atoms with E-state index in [0.29, 0.717) is 12.1 Å². The Bertz CT molecular complexity index is 1020. The molecule has 9 heteroatoms. The molecule has 0 unspecified atom stereocenters. The second-order valence-corrected chi connectivity index (χ2v) is 14.0. The molecular weight excluding hydrogens is 673 g/mol. The second-order valence-electron chi connectivity index (χ2n) is 11.5. The Morgan fingerprint density at radius 3 is 1.89 bits per heavy atom. The first-order valence-electron chi connectivity index (χ1n) is 12.1. The summed E-state index contributed by atoms with van der Waals surface area (Å²) in [4.78, 5) is 10.2. The van der Waals surface area contributed by atoms with E-state index >= 15 is 0 Å². The molecule has 0 atom stereocenters. The van der Waals surface area contributed by atoms with Crippen LogP contribution >= 0.6 is 45.2 Å². The van der Waals surface area contributed by atoms with Crippen molar-refractivity contribution in [1.29, 1.82) is 0 Å². The average molecular weight is 708 g/mol. The van der Waals surface area contributed by atoms with Gasteiger partial charge in [-0.05, 0) is 117 Å². The molecule has 192 valence electrons. The topological polar surface area (TPSA) is 81.5 Å². The van der Waals surface area contributed by atoms with Gasteiger partial charge in [0.2, 0.25) is 5.95 Å². The number of aromatic nitrogens is 2. The lowest BCUT2D eigenvalue weighted by molar-refractivity contribution is -0.0756. The van der Waals surface area contributed by atoms with Crippen LogP contribution in [0.1, 0.15) is 53.4 Å². The zero-order valence-corrected chi connectivity index (χ0v) is 25.0. The molecule has 4 aliphatic heterocycles. The summed E-state index contributed by atoms with van der Waals surface area (Å²) in [5, 5.41) is 23.4. The predicted molar refractivity (Wildman–Crippen MR) is 153 cm³/mol. The fourth-order valence-corrected chi connectivity index (χ4v) is 6.62. The number of anilines is 1. The summed E-state index contributed by atoms with van der Waals surface area (Å²) in [5.41, 5.74) is -0.758. The number of nitrogens with one attached hydrogen (secondary N) is 1. The van der Waals surface area contributed by atoms with Crippen molar-refractivity contribution in [1.82, 2.24) is 15.3 Å². The third kappa shape index (κ3) is 5.63. The minimum Gasteiger partial charge on any atom is -0.390 e. The molecule has 0 radical (unpaired) electrons. The first-order valence-corrected chi connectivity index (χ1v) is 14.2. The third-order valence-electron chi connectivity index (χ3n) is 8.46. The van der Waals surface area contributed by atoms with Crippen molar-refractivity contribution in [2.45, 2.75) is 76.7 Å². The number of hydrogen-bond acceptors (Lipinski definition) is 6. The molecule has 2 aromatic rings. The van der Waals surface area contributed by atoms with E-state index in [4.69, 9.17) is 0 Å². The molecule has 2 aliphatic carbocycles. The summed E-state index contributed by atoms with van der Waals surface area (Å²) in [5.74, 6) is 0.641. The maximum absolute atomic E-state index is 12.1. The van der Waals surface area contributed by atoms with Crippen LogP contribution in [0.25, 0.3) is 0 Å². The summed E-state index contributed by atoms with van der Waals surface area (Å²) >= 11 is 4.34. The van der Waals surface area contributed by atoms with E-state index in [0.717, 1.165) is 35.3 Å². The van der Waals surface area contributed by atoms with Crippen molar-refractivity contribution in [2.24, 2.45) is 10.8 Å². The zero-order valence-electron chi connectivity index (χ0n) is 20.7. The number of nitrogens with zero attached hydrogens (tertiary/aromatic N) is 3. The van der Waals surface area contributed by atoms with E-state index in [1.54, 1.807) is 6.07 Å². The molecule has 0 spiro atoms. The maximum Gasteiger partial charge on any atom is 0.213 e. The van der Waals surface area contributed by atoms with Gasteiger partial charge in [0.05, 0.1) is 11.2 Å². The van der Waals surface area contributed by atoms with E-state index in [-0.39, 0.29) is 10.8 Å². The number of fused-ring (bicyclic) bond motifs is 2. The zero-order chi connectivity index (χ0) is 25.6. The maximum atomic E-state index is 12.1. The van der Waals surface area contributed by atoms with Gasteiger partial charge in [0.1, 0.15) is 5.82 Å². The summed E-state index contributed by atoms with van der Waals surface area (Å²) in [6, 6.07) is 8.54. The molecular formula is C26H35FI2N4O2. The lowest BCUT2D eigenvalue weighted by Gasteiger charge is -2.46. The van der Waals surface area contributed by atoms with Crippen molar-refractivity contribution in [2.75, 3.05) is 18.0 Å². The van der Waals surface area contributed by atoms with E-state index < -0.39 is 17.1 Å². The Balaban J connectivity index is 0.000000136. The molecule has 35 heavy (non-hydrogen) atoms. The highest BCUT2D eigenvalue weighted by Crippen LogP contribution is 2.58. The van der Waals surface area contributed by atoms with Crippen LogP contribution < -0.4 is 10.2 Å². The molecule has 2 saturated carbocycles. The van der Waals surface area contributed by atoms with Gasteiger partial charge in [0.25, 0.3) is 0 Å². The molecule has 6 fully saturated rings. The average Bonchev–Trinajstić information content (AvgIpc) is 3.45. The third-order valence-corrected chi connectivity index (χ3v) is 9.80. The Hall–Kier alpha value is -0.630. The number of aliphatic hydroxyl groups is 2. The van der Waals surface area contributed by atoms with Crippen molar-refractivity contribution in [3.63, 3.8) is 0 Å². The van der Waals surface area contributed by atoms with Crippen LogP contribution in [0.4, 0.5) is 10.2 Å². The quantitative estimate of drug-likeness (QED) is 0.316. The lowest BCUT2D eigenvalue weighted by Crippen LogP contribution is -2.50. The molecule has 2 aromatic heterocycles. The number of hydrogen-bond donors (Lipinski definition) is 3. The Kier molecular flexibility index (Phi) is 7.77. The van der Waals surface area contributed by atoms with Crippen molar-refractivity contribution in [3.05, 3.63) is 49.7 Å². The fraction of sp³-hybridized carbons (Fsp3) is 0.615. The Morgan fingerprint density at radius 1 is 0.943 bits per heavy atom. The van der Waals surface area contributed by atoms with Gasteiger partial charge in [0.15, 0.2) is 0 Å². The summed E-state index contributed by atoms with van der Waals surface area (Å²) in [6.07, 6.45) is 7.86. The molecule has 4 saturated heterocycles. The van der Waals surface area contributed by atoms with Crippen LogP contribution in [0.3, 0.4) is 0 Å². The van der Waals surface area contributed by atoms with E-state index in [2.05, 4.69) is 48.8 Å². The van der Waals surface area contributed by atoms with Gasteiger partial charge in [-0.1, -0.05) is 0 Å². The van der Waals surface area contributed by atoms with Crippen molar-refractivity contribution in [3.8, 4) is 0 Å². The van der Waals surface area contributed by atoms with E-state index in [1.807, 2.05) is 62.5 Å². The van der Waals surface area contributed by atoms with E-state index in [1.165, 1.54) is 28.7 Å². The van der Waals surface area contributed by atoms with Crippen LogP contribution in [0.2, 0.25) is 0 Å². The molecule has 6 aliphatic rings. The molecule has 0 amide bonds. The largest absolute Gasteiger partial charge is 0.390 e. The predicted octanol–water partition coefficient (Wildman–Crippen LogP) is 4.76. The number of pyridine rings is 2. The summed E-state index contributed by atoms with van der Waals surface area (Å²) in [7, 11) is 0. The van der Waals surface area contributed by atoms with Gasteiger partial charge < -0.3 is 20.4 Å². The van der Waals surface area contributed by atoms with Gasteiger partial charge in [-0.15, -0.1) is 0 Å². The minimum atomic E-state index is -0.583. The Labute approximate surface area is 234 Å². The van der Waals surface area contributed by atoms with Gasteiger partial charge >= 0.3 is 0 Å². The molecule has 3 N–H and O–H groups in total. The van der Waals surface area contributed by atoms with Gasteiger partial charge in [-0.3, -0.25) is 0 Å². The first-order chi connectivity index (χ1) is 16.2. The molecule has 6 nitrogen and oxygen atoms in total. The van der Waals surface area contributed by atoms with Crippen molar-refractivity contribution >= 4 is 51.0 Å². The van der Waals surface area contributed by atoms with Gasteiger partial charge in [0, 0.05) is 61.6 Å². The van der Waals surface area contributed by atoms with E-state index in [9.17, 15) is 14.6 Å². The monoisotopic (exact) mass is 708 g/mol. The van der Waals surface area contributed by atoms with Crippen LogP contribution in [-0.2, 0) is 0 Å². The highest BCUT2D eigenvalue weighted by atomic mass is 127. The molecule has 6 heterocycles. The highest BCUT2D eigenvalue weighted by molar-refractivity contribution is 14.1. The second kappa shape index (κ2) is 9.92. The molecule has 0 aromatic carbocycles. The van der Waals surface area contributed by atoms with Crippen LogP contribution in [0.5, 0.6) is 0 Å². The summed E-state index contributed by atoms with van der Waals surface area (Å²) in [6.45, 7) is 9.69. The summed E-state index contributed by atoms with van der Waals surface area (Å²) < 4.78 is 14.1. The fourth-order valence-electron chi connectivity index (χ4n) is 5.77. The smallest absolute Gasteiger partial charge is 0.213 e. The van der Waals surface area contributed by atoms with Crippen LogP contribution in [-0.4, -0.2) is 56.6 Å². The van der Waals surface area contributed by atoms with Gasteiger partial charge in [-0.25, -0.2) is 9.97 Å². The molecule has 8 rings (SSSR count). The number of halogens is 3. The first kappa shape index (κ1) is 27.4. The van der Waals surface area contributed by atoms with Crippen molar-refractivity contribution < 1.29 is 14.6 Å². The highest BCUT2D eigenvalue weighted by Gasteiger charge is 2.62.